The van der Waals surface area contributed by atoms with Crippen LogP contribution >= 0.6 is 7.14 Å². The lowest BCUT2D eigenvalue weighted by atomic mass is 9.61. The summed E-state index contributed by atoms with van der Waals surface area (Å²) in [7, 11) is -2.55. The third-order valence-corrected chi connectivity index (χ3v) is 8.27. The van der Waals surface area contributed by atoms with E-state index in [9.17, 15) is 8.96 Å². The van der Waals surface area contributed by atoms with Gasteiger partial charge in [0.05, 0.1) is 11.9 Å². The van der Waals surface area contributed by atoms with Gasteiger partial charge in [0, 0.05) is 41.2 Å². The molecule has 4 N–H and O–H groups in total. The fourth-order valence-electron chi connectivity index (χ4n) is 5.15. The number of aryl methyl sites for hydroxylation is 1. The minimum absolute atomic E-state index is 0.0244. The zero-order valence-electron chi connectivity index (χ0n) is 19.7. The number of aromatic nitrogens is 2. The Bertz CT molecular complexity index is 1280. The highest BCUT2D eigenvalue weighted by molar-refractivity contribution is 7.70. The summed E-state index contributed by atoms with van der Waals surface area (Å²) >= 11 is 0. The monoisotopic (exact) mass is 480 g/mol. The molecule has 0 unspecified atom stereocenters. The zero-order chi connectivity index (χ0) is 24.1. The maximum absolute atomic E-state index is 14.5. The molecule has 2 aromatic carbocycles. The third kappa shape index (κ3) is 4.40. The Morgan fingerprint density at radius 2 is 1.88 bits per heavy atom. The maximum Gasteiger partial charge on any atom is 0.229 e. The van der Waals surface area contributed by atoms with Gasteiger partial charge in [-0.1, -0.05) is 12.1 Å². The molecule has 7 nitrogen and oxygen atoms in total. The summed E-state index contributed by atoms with van der Waals surface area (Å²) in [5, 5.41) is 6.81. The second-order valence-corrected chi connectivity index (χ2v) is 13.2. The zero-order valence-corrected chi connectivity index (χ0v) is 20.6. The molecule has 2 fully saturated rings. The van der Waals surface area contributed by atoms with Crippen molar-refractivity contribution in [3.8, 4) is 0 Å². The molecule has 34 heavy (non-hydrogen) atoms. The van der Waals surface area contributed by atoms with Crippen LogP contribution in [-0.4, -0.2) is 42.4 Å². The number of nitrogens with zero attached hydrogens (tertiary/aromatic N) is 3. The number of hydrogen-bond donors (Lipinski definition) is 3. The Hall–Kier alpha value is -2.96. The van der Waals surface area contributed by atoms with Crippen molar-refractivity contribution >= 4 is 41.3 Å². The summed E-state index contributed by atoms with van der Waals surface area (Å²) in [4.78, 5) is 10.8. The molecule has 2 aliphatic rings. The van der Waals surface area contributed by atoms with E-state index in [1.165, 1.54) is 5.69 Å². The van der Waals surface area contributed by atoms with E-state index in [1.807, 2.05) is 24.3 Å². The van der Waals surface area contributed by atoms with Crippen molar-refractivity contribution in [1.82, 2.24) is 9.97 Å². The Morgan fingerprint density at radius 1 is 1.15 bits per heavy atom. The van der Waals surface area contributed by atoms with Gasteiger partial charge in [0.15, 0.2) is 11.6 Å². The molecule has 0 atom stereocenters. The molecule has 5 rings (SSSR count). The van der Waals surface area contributed by atoms with E-state index in [0.717, 1.165) is 43.4 Å². The van der Waals surface area contributed by atoms with E-state index in [2.05, 4.69) is 38.5 Å². The Kier molecular flexibility index (Phi) is 5.61. The SMILES string of the molecule is Cc1cc(Nc2ncc(F)c(Nc3ccccc3P(C)(C)=O)n2)ccc1N1CC2(CC(N)C2)C1. The fourth-order valence-corrected chi connectivity index (χ4v) is 6.31. The van der Waals surface area contributed by atoms with Gasteiger partial charge in [-0.3, -0.25) is 0 Å². The maximum atomic E-state index is 14.5. The van der Waals surface area contributed by atoms with Crippen LogP contribution in [0.25, 0.3) is 0 Å². The van der Waals surface area contributed by atoms with Gasteiger partial charge in [-0.15, -0.1) is 0 Å². The molecule has 9 heteroatoms. The minimum Gasteiger partial charge on any atom is -0.370 e. The van der Waals surface area contributed by atoms with Gasteiger partial charge in [-0.05, 0) is 69.0 Å². The Morgan fingerprint density at radius 3 is 2.56 bits per heavy atom. The number of para-hydroxylation sites is 1. The molecule has 0 bridgehead atoms. The van der Waals surface area contributed by atoms with E-state index in [1.54, 1.807) is 25.5 Å². The van der Waals surface area contributed by atoms with Gasteiger partial charge >= 0.3 is 0 Å². The van der Waals surface area contributed by atoms with Crippen molar-refractivity contribution in [1.29, 1.82) is 0 Å². The quantitative estimate of drug-likeness (QED) is 0.444. The minimum atomic E-state index is -2.55. The van der Waals surface area contributed by atoms with Crippen LogP contribution in [0, 0.1) is 18.2 Å². The first-order chi connectivity index (χ1) is 16.1. The normalized spacial score (nSPS) is 17.3. The fraction of sp³-hybridized carbons (Fsp3) is 0.360. The first kappa shape index (κ1) is 22.8. The van der Waals surface area contributed by atoms with Gasteiger partial charge in [-0.2, -0.15) is 4.98 Å². The second kappa shape index (κ2) is 8.36. The van der Waals surface area contributed by atoms with E-state index in [0.29, 0.717) is 22.4 Å². The molecule has 2 heterocycles. The first-order valence-corrected chi connectivity index (χ1v) is 14.0. The number of halogens is 1. The predicted molar refractivity (Wildman–Crippen MR) is 137 cm³/mol. The van der Waals surface area contributed by atoms with Gasteiger partial charge in [0.1, 0.15) is 7.14 Å². The second-order valence-electron chi connectivity index (χ2n) is 10.0. The van der Waals surface area contributed by atoms with Gasteiger partial charge in [-0.25, -0.2) is 9.37 Å². The van der Waals surface area contributed by atoms with Crippen LogP contribution in [0.4, 0.5) is 33.2 Å². The van der Waals surface area contributed by atoms with Crippen molar-refractivity contribution in [3.63, 3.8) is 0 Å². The topological polar surface area (TPSA) is 96.2 Å². The van der Waals surface area contributed by atoms with Crippen LogP contribution in [0.3, 0.4) is 0 Å². The van der Waals surface area contributed by atoms with Crippen LogP contribution in [0.15, 0.2) is 48.7 Å². The summed E-state index contributed by atoms with van der Waals surface area (Å²) < 4.78 is 27.1. The molecule has 1 spiro atoms. The van der Waals surface area contributed by atoms with Crippen LogP contribution in [-0.2, 0) is 4.57 Å². The highest BCUT2D eigenvalue weighted by Crippen LogP contribution is 2.49. The van der Waals surface area contributed by atoms with Gasteiger partial charge < -0.3 is 25.8 Å². The molecule has 0 amide bonds. The van der Waals surface area contributed by atoms with Crippen molar-refractivity contribution < 1.29 is 8.96 Å². The van der Waals surface area contributed by atoms with Crippen molar-refractivity contribution in [2.24, 2.45) is 11.1 Å². The standard InChI is InChI=1S/C25H30FN6OP/c1-16-10-18(8-9-21(16)32-14-25(15-32)11-17(27)12-25)29-24-28-13-19(26)23(31-24)30-20-6-4-5-7-22(20)34(2,3)33/h4-10,13,17H,11-12,14-15,27H2,1-3H3,(H2,28,29,30,31). The highest BCUT2D eigenvalue weighted by atomic mass is 31.2. The summed E-state index contributed by atoms with van der Waals surface area (Å²) in [6, 6.07) is 13.7. The molecule has 3 aromatic rings. The number of rotatable bonds is 6. The van der Waals surface area contributed by atoms with E-state index >= 15 is 0 Å². The lowest BCUT2D eigenvalue weighted by molar-refractivity contribution is 0.0664. The number of nitrogens with one attached hydrogen (secondary N) is 2. The van der Waals surface area contributed by atoms with Crippen LogP contribution in [0.2, 0.25) is 0 Å². The number of anilines is 5. The highest BCUT2D eigenvalue weighted by Gasteiger charge is 2.51. The number of benzene rings is 2. The molecule has 0 radical (unpaired) electrons. The molecule has 178 valence electrons. The summed E-state index contributed by atoms with van der Waals surface area (Å²) in [5.41, 5.74) is 10.2. The molecule has 1 aromatic heterocycles. The van der Waals surface area contributed by atoms with Gasteiger partial charge in [0.25, 0.3) is 0 Å². The van der Waals surface area contributed by atoms with E-state index in [4.69, 9.17) is 5.73 Å². The molecule has 1 saturated carbocycles. The molecule has 1 aliphatic heterocycles. The Labute approximate surface area is 199 Å². The van der Waals surface area contributed by atoms with Gasteiger partial charge in [0.2, 0.25) is 5.95 Å². The van der Waals surface area contributed by atoms with Crippen molar-refractivity contribution in [2.75, 3.05) is 42.0 Å². The van der Waals surface area contributed by atoms with Crippen molar-refractivity contribution in [3.05, 3.63) is 60.0 Å². The molecular formula is C25H30FN6OP. The average Bonchev–Trinajstić information content (AvgIpc) is 2.72. The van der Waals surface area contributed by atoms with Crippen molar-refractivity contribution in [2.45, 2.75) is 25.8 Å². The molecule has 1 saturated heterocycles. The largest absolute Gasteiger partial charge is 0.370 e. The first-order valence-electron chi connectivity index (χ1n) is 11.4. The summed E-state index contributed by atoms with van der Waals surface area (Å²) in [5.74, 6) is -0.288. The summed E-state index contributed by atoms with van der Waals surface area (Å²) in [6.07, 6.45) is 3.37. The average molecular weight is 481 g/mol. The van der Waals surface area contributed by atoms with Crippen LogP contribution < -0.4 is 26.6 Å². The Balaban J connectivity index is 1.31. The third-order valence-electron chi connectivity index (χ3n) is 6.72. The lowest BCUT2D eigenvalue weighted by Crippen LogP contribution is -2.65. The van der Waals surface area contributed by atoms with Crippen LogP contribution in [0.5, 0.6) is 0 Å². The molecular weight excluding hydrogens is 450 g/mol. The number of nitrogens with two attached hydrogens (primary N) is 1. The van der Waals surface area contributed by atoms with Crippen LogP contribution in [0.1, 0.15) is 18.4 Å². The smallest absolute Gasteiger partial charge is 0.229 e. The van der Waals surface area contributed by atoms with E-state index in [-0.39, 0.29) is 11.8 Å². The predicted octanol–water partition coefficient (Wildman–Crippen LogP) is 4.59. The summed E-state index contributed by atoms with van der Waals surface area (Å²) in [6.45, 7) is 7.58. The lowest BCUT2D eigenvalue weighted by Gasteiger charge is -2.59. The number of hydrogen-bond acceptors (Lipinski definition) is 7. The van der Waals surface area contributed by atoms with E-state index < -0.39 is 13.0 Å². The molecule has 1 aliphatic carbocycles.